The van der Waals surface area contributed by atoms with Crippen molar-refractivity contribution >= 4 is 6.29 Å². The van der Waals surface area contributed by atoms with Gasteiger partial charge >= 0.3 is 0 Å². The molecule has 2 aliphatic carbocycles. The van der Waals surface area contributed by atoms with E-state index >= 15 is 0 Å². The van der Waals surface area contributed by atoms with Gasteiger partial charge in [0.25, 0.3) is 0 Å². The van der Waals surface area contributed by atoms with Gasteiger partial charge in [0.05, 0.1) is 0 Å². The lowest BCUT2D eigenvalue weighted by molar-refractivity contribution is -0.109. The highest BCUT2D eigenvalue weighted by atomic mass is 16.1. The zero-order valence-electron chi connectivity index (χ0n) is 9.78. The first-order valence-corrected chi connectivity index (χ1v) is 6.30. The lowest BCUT2D eigenvalue weighted by atomic mass is 9.69. The lowest BCUT2D eigenvalue weighted by Crippen LogP contribution is -2.29. The Morgan fingerprint density at radius 1 is 1.25 bits per heavy atom. The van der Waals surface area contributed by atoms with Crippen LogP contribution in [-0.4, -0.2) is 6.29 Å². The lowest BCUT2D eigenvalue weighted by Gasteiger charge is -2.35. The van der Waals surface area contributed by atoms with Gasteiger partial charge in [0, 0.05) is 11.3 Å². The van der Waals surface area contributed by atoms with Crippen LogP contribution < -0.4 is 0 Å². The molecular weight excluding hydrogens is 196 g/mol. The molecule has 0 saturated heterocycles. The number of hydrogen-bond acceptors (Lipinski definition) is 1. The first kappa shape index (κ1) is 10.1. The molecule has 1 aromatic carbocycles. The minimum Gasteiger partial charge on any atom is -0.303 e. The van der Waals surface area contributed by atoms with E-state index in [0.717, 1.165) is 12.3 Å². The van der Waals surface area contributed by atoms with Crippen LogP contribution in [0.1, 0.15) is 36.8 Å². The van der Waals surface area contributed by atoms with E-state index in [1.54, 1.807) is 0 Å². The van der Waals surface area contributed by atoms with Gasteiger partial charge in [-0.2, -0.15) is 0 Å². The standard InChI is InChI=1S/C15H18O/c1-11-5-7-13(8-6-11)15(9-14(15)10-16)12-3-2-4-12/h5-8,10,12,14H,2-4,9H2,1H3. The number of benzene rings is 1. The summed E-state index contributed by atoms with van der Waals surface area (Å²) in [7, 11) is 0. The normalized spacial score (nSPS) is 33.2. The molecule has 1 heteroatoms. The number of hydrogen-bond donors (Lipinski definition) is 0. The molecule has 1 aromatic rings. The Balaban J connectivity index is 1.95. The molecule has 84 valence electrons. The molecule has 0 N–H and O–H groups in total. The Morgan fingerprint density at radius 3 is 2.38 bits per heavy atom. The first-order chi connectivity index (χ1) is 7.77. The molecule has 16 heavy (non-hydrogen) atoms. The Kier molecular flexibility index (Phi) is 2.17. The molecule has 0 spiro atoms. The minimum atomic E-state index is 0.230. The summed E-state index contributed by atoms with van der Waals surface area (Å²) >= 11 is 0. The minimum absolute atomic E-state index is 0.230. The van der Waals surface area contributed by atoms with Crippen molar-refractivity contribution in [1.82, 2.24) is 0 Å². The summed E-state index contributed by atoms with van der Waals surface area (Å²) in [5, 5.41) is 0. The molecule has 2 aliphatic rings. The molecule has 0 radical (unpaired) electrons. The molecular formula is C15H18O. The average Bonchev–Trinajstić information content (AvgIpc) is 2.92. The maximum atomic E-state index is 11.1. The van der Waals surface area contributed by atoms with Crippen LogP contribution in [0.25, 0.3) is 0 Å². The van der Waals surface area contributed by atoms with Crippen LogP contribution in [0.15, 0.2) is 24.3 Å². The maximum Gasteiger partial charge on any atom is 0.124 e. The van der Waals surface area contributed by atoms with Gasteiger partial charge in [0.2, 0.25) is 0 Å². The van der Waals surface area contributed by atoms with Crippen LogP contribution in [0.2, 0.25) is 0 Å². The van der Waals surface area contributed by atoms with Gasteiger partial charge in [-0.3, -0.25) is 0 Å². The zero-order chi connectivity index (χ0) is 11.2. The highest BCUT2D eigenvalue weighted by molar-refractivity contribution is 5.65. The van der Waals surface area contributed by atoms with E-state index in [2.05, 4.69) is 31.2 Å². The van der Waals surface area contributed by atoms with Crippen molar-refractivity contribution in [2.24, 2.45) is 11.8 Å². The van der Waals surface area contributed by atoms with E-state index in [1.165, 1.54) is 36.7 Å². The molecule has 0 heterocycles. The Labute approximate surface area is 96.9 Å². The molecule has 2 saturated carbocycles. The van der Waals surface area contributed by atoms with E-state index in [0.29, 0.717) is 5.92 Å². The number of aldehydes is 1. The van der Waals surface area contributed by atoms with Crippen LogP contribution in [0.3, 0.4) is 0 Å². The number of aryl methyl sites for hydroxylation is 1. The molecule has 0 amide bonds. The van der Waals surface area contributed by atoms with Gasteiger partial charge in [0.1, 0.15) is 6.29 Å². The smallest absolute Gasteiger partial charge is 0.124 e. The van der Waals surface area contributed by atoms with Gasteiger partial charge < -0.3 is 4.79 Å². The highest BCUT2D eigenvalue weighted by Crippen LogP contribution is 2.63. The van der Waals surface area contributed by atoms with Crippen molar-refractivity contribution < 1.29 is 4.79 Å². The molecule has 2 fully saturated rings. The van der Waals surface area contributed by atoms with Crippen molar-refractivity contribution in [3.63, 3.8) is 0 Å². The third kappa shape index (κ3) is 1.27. The van der Waals surface area contributed by atoms with Gasteiger partial charge in [-0.25, -0.2) is 0 Å². The topological polar surface area (TPSA) is 17.1 Å². The van der Waals surface area contributed by atoms with E-state index < -0.39 is 0 Å². The Hall–Kier alpha value is -1.11. The molecule has 0 aromatic heterocycles. The quantitative estimate of drug-likeness (QED) is 0.706. The monoisotopic (exact) mass is 214 g/mol. The summed E-state index contributed by atoms with van der Waals surface area (Å²) in [5.74, 6) is 1.06. The summed E-state index contributed by atoms with van der Waals surface area (Å²) < 4.78 is 0. The Bertz CT molecular complexity index is 402. The van der Waals surface area contributed by atoms with Crippen molar-refractivity contribution in [2.75, 3.05) is 0 Å². The van der Waals surface area contributed by atoms with Gasteiger partial charge in [-0.1, -0.05) is 36.2 Å². The highest BCUT2D eigenvalue weighted by Gasteiger charge is 2.60. The van der Waals surface area contributed by atoms with Crippen LogP contribution >= 0.6 is 0 Å². The van der Waals surface area contributed by atoms with E-state index in [1.807, 2.05) is 0 Å². The van der Waals surface area contributed by atoms with E-state index in [9.17, 15) is 4.79 Å². The van der Waals surface area contributed by atoms with Gasteiger partial charge in [-0.05, 0) is 37.7 Å². The van der Waals surface area contributed by atoms with Crippen LogP contribution in [0, 0.1) is 18.8 Å². The molecule has 2 unspecified atom stereocenters. The third-order valence-corrected chi connectivity index (χ3v) is 4.65. The zero-order valence-corrected chi connectivity index (χ0v) is 9.78. The largest absolute Gasteiger partial charge is 0.303 e. The first-order valence-electron chi connectivity index (χ1n) is 6.30. The fourth-order valence-electron chi connectivity index (χ4n) is 3.30. The maximum absolute atomic E-state index is 11.1. The van der Waals surface area contributed by atoms with Gasteiger partial charge in [0.15, 0.2) is 0 Å². The second kappa shape index (κ2) is 3.44. The predicted octanol–water partition coefficient (Wildman–Crippen LogP) is 3.25. The molecule has 1 nitrogen and oxygen atoms in total. The molecule has 0 aliphatic heterocycles. The number of carbonyl (C=O) groups excluding carboxylic acids is 1. The van der Waals surface area contributed by atoms with E-state index in [-0.39, 0.29) is 5.41 Å². The number of carbonyl (C=O) groups is 1. The van der Waals surface area contributed by atoms with Crippen molar-refractivity contribution in [1.29, 1.82) is 0 Å². The van der Waals surface area contributed by atoms with Crippen molar-refractivity contribution in [3.05, 3.63) is 35.4 Å². The van der Waals surface area contributed by atoms with Crippen molar-refractivity contribution in [2.45, 2.75) is 38.0 Å². The van der Waals surface area contributed by atoms with Crippen LogP contribution in [0.4, 0.5) is 0 Å². The van der Waals surface area contributed by atoms with Crippen LogP contribution in [-0.2, 0) is 10.2 Å². The third-order valence-electron chi connectivity index (χ3n) is 4.65. The molecule has 2 atom stereocenters. The molecule has 0 bridgehead atoms. The predicted molar refractivity (Wildman–Crippen MR) is 64.4 cm³/mol. The Morgan fingerprint density at radius 2 is 1.94 bits per heavy atom. The summed E-state index contributed by atoms with van der Waals surface area (Å²) in [6.45, 7) is 2.11. The summed E-state index contributed by atoms with van der Waals surface area (Å²) in [4.78, 5) is 11.1. The summed E-state index contributed by atoms with van der Waals surface area (Å²) in [5.41, 5.74) is 2.93. The van der Waals surface area contributed by atoms with Gasteiger partial charge in [-0.15, -0.1) is 0 Å². The molecule has 3 rings (SSSR count). The summed E-state index contributed by atoms with van der Waals surface area (Å²) in [6.07, 6.45) is 6.25. The van der Waals surface area contributed by atoms with Crippen molar-refractivity contribution in [3.8, 4) is 0 Å². The SMILES string of the molecule is Cc1ccc(C2(C3CCC3)CC2C=O)cc1. The second-order valence-electron chi connectivity index (χ2n) is 5.48. The fourth-order valence-corrected chi connectivity index (χ4v) is 3.30. The fraction of sp³-hybridized carbons (Fsp3) is 0.533. The average molecular weight is 214 g/mol. The van der Waals surface area contributed by atoms with E-state index in [4.69, 9.17) is 0 Å². The van der Waals surface area contributed by atoms with Crippen LogP contribution in [0.5, 0.6) is 0 Å². The summed E-state index contributed by atoms with van der Waals surface area (Å²) in [6, 6.07) is 8.82. The second-order valence-corrected chi connectivity index (χ2v) is 5.48. The number of rotatable bonds is 3.